The van der Waals surface area contributed by atoms with E-state index in [-0.39, 0.29) is 11.8 Å². The third-order valence-electron chi connectivity index (χ3n) is 2.99. The Balaban J connectivity index is 2.97. The molecule has 2 heteroatoms. The van der Waals surface area contributed by atoms with E-state index in [4.69, 9.17) is 5.73 Å². The normalized spacial score (nSPS) is 12.7. The van der Waals surface area contributed by atoms with Crippen LogP contribution in [0, 0.1) is 5.92 Å². The lowest BCUT2D eigenvalue weighted by Gasteiger charge is -2.22. The molecule has 82 valence electrons. The van der Waals surface area contributed by atoms with Crippen molar-refractivity contribution >= 4 is 5.91 Å². The summed E-state index contributed by atoms with van der Waals surface area (Å²) in [4.78, 5) is 11.5. The molecule has 0 spiro atoms. The molecule has 2 N–H and O–H groups in total. The number of benzene rings is 1. The van der Waals surface area contributed by atoms with E-state index < -0.39 is 0 Å². The summed E-state index contributed by atoms with van der Waals surface area (Å²) < 4.78 is 0. The summed E-state index contributed by atoms with van der Waals surface area (Å²) in [5.74, 6) is 0.000926. The van der Waals surface area contributed by atoms with Crippen LogP contribution in [-0.2, 0) is 4.79 Å². The molecule has 0 saturated heterocycles. The fraction of sp³-hybridized carbons (Fsp3) is 0.462. The molecule has 0 aliphatic heterocycles. The number of amides is 1. The lowest BCUT2D eigenvalue weighted by atomic mass is 9.82. The molecule has 0 heterocycles. The van der Waals surface area contributed by atoms with Gasteiger partial charge in [0.2, 0.25) is 5.91 Å². The van der Waals surface area contributed by atoms with E-state index in [1.807, 2.05) is 30.3 Å². The molecule has 1 atom stereocenters. The lowest BCUT2D eigenvalue weighted by molar-refractivity contribution is -0.120. The first-order chi connectivity index (χ1) is 7.20. The summed E-state index contributed by atoms with van der Waals surface area (Å²) in [7, 11) is 0. The highest BCUT2D eigenvalue weighted by atomic mass is 16.1. The van der Waals surface area contributed by atoms with Gasteiger partial charge in [0, 0.05) is 0 Å². The van der Waals surface area contributed by atoms with Crippen LogP contribution in [0.25, 0.3) is 0 Å². The highest BCUT2D eigenvalue weighted by molar-refractivity contribution is 5.82. The van der Waals surface area contributed by atoms with E-state index in [0.717, 1.165) is 18.4 Å². The molecule has 0 aliphatic rings. The van der Waals surface area contributed by atoms with E-state index in [1.54, 1.807) is 0 Å². The van der Waals surface area contributed by atoms with Crippen molar-refractivity contribution in [2.24, 2.45) is 11.7 Å². The molecule has 1 aromatic rings. The minimum Gasteiger partial charge on any atom is -0.369 e. The molecule has 15 heavy (non-hydrogen) atoms. The van der Waals surface area contributed by atoms with E-state index in [2.05, 4.69) is 13.8 Å². The Hall–Kier alpha value is -1.31. The van der Waals surface area contributed by atoms with Crippen LogP contribution in [-0.4, -0.2) is 5.91 Å². The number of hydrogen-bond donors (Lipinski definition) is 1. The number of rotatable bonds is 5. The van der Waals surface area contributed by atoms with Gasteiger partial charge in [0.15, 0.2) is 0 Å². The monoisotopic (exact) mass is 205 g/mol. The van der Waals surface area contributed by atoms with Crippen LogP contribution in [0.15, 0.2) is 30.3 Å². The van der Waals surface area contributed by atoms with Crippen LogP contribution in [0.3, 0.4) is 0 Å². The first-order valence-electron chi connectivity index (χ1n) is 5.54. The third kappa shape index (κ3) is 2.82. The number of hydrogen-bond acceptors (Lipinski definition) is 1. The standard InChI is InChI=1S/C13H19NO/c1-3-10(4-2)12(13(14)15)11-8-6-5-7-9-11/h5-10,12H,3-4H2,1-2H3,(H2,14,15)/t12-/m0/s1. The summed E-state index contributed by atoms with van der Waals surface area (Å²) in [5, 5.41) is 0. The molecule has 0 aromatic heterocycles. The molecule has 0 aliphatic carbocycles. The average molecular weight is 205 g/mol. The van der Waals surface area contributed by atoms with Crippen LogP contribution in [0.2, 0.25) is 0 Å². The Morgan fingerprint density at radius 3 is 2.13 bits per heavy atom. The van der Waals surface area contributed by atoms with E-state index >= 15 is 0 Å². The molecule has 1 amide bonds. The zero-order chi connectivity index (χ0) is 11.3. The molecule has 1 aromatic carbocycles. The van der Waals surface area contributed by atoms with Gasteiger partial charge in [-0.25, -0.2) is 0 Å². The van der Waals surface area contributed by atoms with Crippen molar-refractivity contribution in [1.82, 2.24) is 0 Å². The Labute approximate surface area is 91.5 Å². The number of carbonyl (C=O) groups excluding carboxylic acids is 1. The Kier molecular flexibility index (Phi) is 4.35. The van der Waals surface area contributed by atoms with Crippen molar-refractivity contribution in [3.63, 3.8) is 0 Å². The minimum absolute atomic E-state index is 0.138. The van der Waals surface area contributed by atoms with Gasteiger partial charge in [0.05, 0.1) is 5.92 Å². The Morgan fingerprint density at radius 1 is 1.20 bits per heavy atom. The second kappa shape index (κ2) is 5.54. The molecule has 0 fully saturated rings. The zero-order valence-electron chi connectivity index (χ0n) is 9.44. The Morgan fingerprint density at radius 2 is 1.73 bits per heavy atom. The van der Waals surface area contributed by atoms with Gasteiger partial charge in [-0.05, 0) is 11.5 Å². The average Bonchev–Trinajstić information content (AvgIpc) is 2.26. The molecular formula is C13H19NO. The van der Waals surface area contributed by atoms with Crippen molar-refractivity contribution in [3.8, 4) is 0 Å². The first kappa shape index (κ1) is 11.8. The van der Waals surface area contributed by atoms with Crippen molar-refractivity contribution < 1.29 is 4.79 Å². The summed E-state index contributed by atoms with van der Waals surface area (Å²) >= 11 is 0. The van der Waals surface area contributed by atoms with Crippen molar-refractivity contribution in [2.45, 2.75) is 32.6 Å². The van der Waals surface area contributed by atoms with Gasteiger partial charge in [0.1, 0.15) is 0 Å². The smallest absolute Gasteiger partial charge is 0.225 e. The molecule has 0 bridgehead atoms. The lowest BCUT2D eigenvalue weighted by Crippen LogP contribution is -2.27. The summed E-state index contributed by atoms with van der Waals surface area (Å²) in [6.07, 6.45) is 1.97. The van der Waals surface area contributed by atoms with Gasteiger partial charge in [-0.1, -0.05) is 57.0 Å². The fourth-order valence-electron chi connectivity index (χ4n) is 2.09. The maximum Gasteiger partial charge on any atom is 0.225 e. The van der Waals surface area contributed by atoms with Crippen LogP contribution in [0.4, 0.5) is 0 Å². The molecule has 1 rings (SSSR count). The van der Waals surface area contributed by atoms with Gasteiger partial charge < -0.3 is 5.73 Å². The fourth-order valence-corrected chi connectivity index (χ4v) is 2.09. The van der Waals surface area contributed by atoms with Gasteiger partial charge in [-0.2, -0.15) is 0 Å². The molecule has 0 saturated carbocycles. The van der Waals surface area contributed by atoms with E-state index in [9.17, 15) is 4.79 Å². The predicted octanol–water partition coefficient (Wildman–Crippen LogP) is 2.69. The summed E-state index contributed by atoms with van der Waals surface area (Å²) in [5.41, 5.74) is 6.52. The highest BCUT2D eigenvalue weighted by Gasteiger charge is 2.25. The van der Waals surface area contributed by atoms with E-state index in [0.29, 0.717) is 5.92 Å². The highest BCUT2D eigenvalue weighted by Crippen LogP contribution is 2.29. The summed E-state index contributed by atoms with van der Waals surface area (Å²) in [6.45, 7) is 4.21. The van der Waals surface area contributed by atoms with Crippen molar-refractivity contribution in [1.29, 1.82) is 0 Å². The van der Waals surface area contributed by atoms with Crippen LogP contribution in [0.1, 0.15) is 38.2 Å². The van der Waals surface area contributed by atoms with Crippen molar-refractivity contribution in [3.05, 3.63) is 35.9 Å². The number of primary amides is 1. The van der Waals surface area contributed by atoms with Gasteiger partial charge in [-0.15, -0.1) is 0 Å². The van der Waals surface area contributed by atoms with Crippen LogP contribution < -0.4 is 5.73 Å². The zero-order valence-corrected chi connectivity index (χ0v) is 9.44. The van der Waals surface area contributed by atoms with Crippen LogP contribution in [0.5, 0.6) is 0 Å². The molecule has 0 radical (unpaired) electrons. The second-order valence-corrected chi connectivity index (χ2v) is 3.87. The predicted molar refractivity (Wildman–Crippen MR) is 62.4 cm³/mol. The maximum absolute atomic E-state index is 11.5. The summed E-state index contributed by atoms with van der Waals surface area (Å²) in [6, 6.07) is 9.82. The minimum atomic E-state index is -0.213. The Bertz CT molecular complexity index is 304. The van der Waals surface area contributed by atoms with Gasteiger partial charge >= 0.3 is 0 Å². The maximum atomic E-state index is 11.5. The van der Waals surface area contributed by atoms with Gasteiger partial charge in [0.25, 0.3) is 0 Å². The SMILES string of the molecule is CCC(CC)[C@H](C(N)=O)c1ccccc1. The van der Waals surface area contributed by atoms with E-state index in [1.165, 1.54) is 0 Å². The first-order valence-corrected chi connectivity index (χ1v) is 5.54. The second-order valence-electron chi connectivity index (χ2n) is 3.87. The quantitative estimate of drug-likeness (QED) is 0.789. The number of carbonyl (C=O) groups is 1. The molecule has 2 nitrogen and oxygen atoms in total. The van der Waals surface area contributed by atoms with Crippen molar-refractivity contribution in [2.75, 3.05) is 0 Å². The topological polar surface area (TPSA) is 43.1 Å². The number of nitrogens with two attached hydrogens (primary N) is 1. The third-order valence-corrected chi connectivity index (χ3v) is 2.99. The van der Waals surface area contributed by atoms with Crippen LogP contribution >= 0.6 is 0 Å². The molecule has 0 unspecified atom stereocenters. The largest absolute Gasteiger partial charge is 0.369 e. The van der Waals surface area contributed by atoms with Gasteiger partial charge in [-0.3, -0.25) is 4.79 Å². The molecular weight excluding hydrogens is 186 g/mol.